The Labute approximate surface area is 128 Å². The molecule has 1 aliphatic carbocycles. The normalized spacial score (nSPS) is 22.3. The van der Waals surface area contributed by atoms with E-state index >= 15 is 0 Å². The van der Waals surface area contributed by atoms with Crippen molar-refractivity contribution in [3.8, 4) is 0 Å². The lowest BCUT2D eigenvalue weighted by Gasteiger charge is -2.28. The van der Waals surface area contributed by atoms with Crippen LogP contribution in [0.25, 0.3) is 0 Å². The molecular weight excluding hydrogens is 260 g/mol. The van der Waals surface area contributed by atoms with Gasteiger partial charge in [-0.2, -0.15) is 0 Å². The number of nitrogens with one attached hydrogen (secondary N) is 1. The minimum atomic E-state index is 0.613. The van der Waals surface area contributed by atoms with E-state index in [1.807, 2.05) is 0 Å². The van der Waals surface area contributed by atoms with E-state index in [1.165, 1.54) is 36.9 Å². The summed E-state index contributed by atoms with van der Waals surface area (Å²) in [6, 6.07) is 5.85. The number of anilines is 1. The van der Waals surface area contributed by atoms with Crippen LogP contribution in [0, 0.1) is 6.92 Å². The number of aryl methyl sites for hydroxylation is 1. The van der Waals surface area contributed by atoms with Crippen molar-refractivity contribution in [2.45, 2.75) is 51.2 Å². The molecule has 3 rings (SSSR count). The Balaban J connectivity index is 1.68. The van der Waals surface area contributed by atoms with Gasteiger partial charge >= 0.3 is 0 Å². The summed E-state index contributed by atoms with van der Waals surface area (Å²) in [5.74, 6) is 1.16. The van der Waals surface area contributed by atoms with Gasteiger partial charge in [-0.05, 0) is 58.3 Å². The zero-order valence-corrected chi connectivity index (χ0v) is 13.6. The SMILES string of the molecule is Cc1nc(N2CCCC2CN(C)C)ccc1CNC1CC1. The molecule has 1 aromatic rings. The van der Waals surface area contributed by atoms with Gasteiger partial charge in [0.15, 0.2) is 0 Å². The largest absolute Gasteiger partial charge is 0.352 e. The Morgan fingerprint density at radius 1 is 1.29 bits per heavy atom. The van der Waals surface area contributed by atoms with E-state index in [1.54, 1.807) is 0 Å². The molecule has 1 aromatic heterocycles. The fraction of sp³-hybridized carbons (Fsp3) is 0.706. The van der Waals surface area contributed by atoms with Gasteiger partial charge in [0.2, 0.25) is 0 Å². The molecule has 1 saturated heterocycles. The monoisotopic (exact) mass is 288 g/mol. The van der Waals surface area contributed by atoms with E-state index in [0.717, 1.165) is 31.5 Å². The average Bonchev–Trinajstić information content (AvgIpc) is 3.16. The lowest BCUT2D eigenvalue weighted by atomic mass is 10.2. The number of aromatic nitrogens is 1. The highest BCUT2D eigenvalue weighted by Gasteiger charge is 2.26. The molecule has 0 radical (unpaired) electrons. The molecule has 2 aliphatic rings. The van der Waals surface area contributed by atoms with E-state index in [9.17, 15) is 0 Å². The molecule has 2 heterocycles. The van der Waals surface area contributed by atoms with E-state index in [0.29, 0.717) is 6.04 Å². The minimum Gasteiger partial charge on any atom is -0.352 e. The third kappa shape index (κ3) is 3.74. The summed E-state index contributed by atoms with van der Waals surface area (Å²) in [6.07, 6.45) is 5.24. The van der Waals surface area contributed by atoms with Gasteiger partial charge in [-0.25, -0.2) is 4.98 Å². The van der Waals surface area contributed by atoms with E-state index in [4.69, 9.17) is 4.98 Å². The Kier molecular flexibility index (Phi) is 4.45. The lowest BCUT2D eigenvalue weighted by Crippen LogP contribution is -2.38. The molecule has 0 spiro atoms. The summed E-state index contributed by atoms with van der Waals surface area (Å²) < 4.78 is 0. The molecule has 2 fully saturated rings. The number of likely N-dealkylation sites (N-methyl/N-ethyl adjacent to an activating group) is 1. The first-order chi connectivity index (χ1) is 10.1. The van der Waals surface area contributed by atoms with Gasteiger partial charge < -0.3 is 15.1 Å². The molecule has 1 aliphatic heterocycles. The van der Waals surface area contributed by atoms with Gasteiger partial charge in [0.05, 0.1) is 0 Å². The van der Waals surface area contributed by atoms with Crippen molar-refractivity contribution in [3.05, 3.63) is 23.4 Å². The molecule has 1 N–H and O–H groups in total. The summed E-state index contributed by atoms with van der Waals surface area (Å²) in [7, 11) is 4.31. The van der Waals surface area contributed by atoms with Crippen LogP contribution in [-0.4, -0.2) is 49.2 Å². The summed E-state index contributed by atoms with van der Waals surface area (Å²) in [5, 5.41) is 3.58. The maximum Gasteiger partial charge on any atom is 0.129 e. The Hall–Kier alpha value is -1.13. The van der Waals surface area contributed by atoms with Gasteiger partial charge in [-0.15, -0.1) is 0 Å². The predicted molar refractivity (Wildman–Crippen MR) is 87.8 cm³/mol. The van der Waals surface area contributed by atoms with Gasteiger partial charge in [-0.3, -0.25) is 0 Å². The third-order valence-corrected chi connectivity index (χ3v) is 4.59. The summed E-state index contributed by atoms with van der Waals surface area (Å²) in [6.45, 7) is 5.37. The third-order valence-electron chi connectivity index (χ3n) is 4.59. The maximum absolute atomic E-state index is 4.88. The number of hydrogen-bond donors (Lipinski definition) is 1. The molecule has 4 heteroatoms. The van der Waals surface area contributed by atoms with Crippen LogP contribution in [0.3, 0.4) is 0 Å². The molecule has 1 atom stereocenters. The van der Waals surface area contributed by atoms with E-state index in [-0.39, 0.29) is 0 Å². The van der Waals surface area contributed by atoms with E-state index in [2.05, 4.69) is 48.3 Å². The first kappa shape index (κ1) is 14.8. The fourth-order valence-corrected chi connectivity index (χ4v) is 3.21. The van der Waals surface area contributed by atoms with Crippen molar-refractivity contribution < 1.29 is 0 Å². The van der Waals surface area contributed by atoms with Crippen LogP contribution in [0.5, 0.6) is 0 Å². The highest BCUT2D eigenvalue weighted by molar-refractivity contribution is 5.44. The highest BCUT2D eigenvalue weighted by Crippen LogP contribution is 2.26. The van der Waals surface area contributed by atoms with Gasteiger partial charge in [0.25, 0.3) is 0 Å². The first-order valence-corrected chi connectivity index (χ1v) is 8.25. The second kappa shape index (κ2) is 6.32. The van der Waals surface area contributed by atoms with Crippen LogP contribution in [0.15, 0.2) is 12.1 Å². The first-order valence-electron chi connectivity index (χ1n) is 8.25. The Morgan fingerprint density at radius 3 is 2.76 bits per heavy atom. The van der Waals surface area contributed by atoms with Gasteiger partial charge in [0.1, 0.15) is 5.82 Å². The summed E-state index contributed by atoms with van der Waals surface area (Å²) in [5.41, 5.74) is 2.52. The molecule has 1 saturated carbocycles. The Morgan fingerprint density at radius 2 is 2.10 bits per heavy atom. The lowest BCUT2D eigenvalue weighted by molar-refractivity contribution is 0.371. The van der Waals surface area contributed by atoms with Gasteiger partial charge in [0, 0.05) is 37.4 Å². The molecule has 0 amide bonds. The van der Waals surface area contributed by atoms with Gasteiger partial charge in [-0.1, -0.05) is 6.07 Å². The zero-order chi connectivity index (χ0) is 14.8. The fourth-order valence-electron chi connectivity index (χ4n) is 3.21. The Bertz CT molecular complexity index is 482. The topological polar surface area (TPSA) is 31.4 Å². The molecule has 4 nitrogen and oxygen atoms in total. The van der Waals surface area contributed by atoms with Crippen molar-refractivity contribution in [1.82, 2.24) is 15.2 Å². The predicted octanol–water partition coefficient (Wildman–Crippen LogP) is 2.17. The van der Waals surface area contributed by atoms with Crippen molar-refractivity contribution >= 4 is 5.82 Å². The van der Waals surface area contributed by atoms with Crippen molar-refractivity contribution in [3.63, 3.8) is 0 Å². The number of nitrogens with zero attached hydrogens (tertiary/aromatic N) is 3. The maximum atomic E-state index is 4.88. The van der Waals surface area contributed by atoms with Crippen LogP contribution in [0.4, 0.5) is 5.82 Å². The molecule has 116 valence electrons. The van der Waals surface area contributed by atoms with Crippen molar-refractivity contribution in [2.24, 2.45) is 0 Å². The molecule has 0 bridgehead atoms. The standard InChI is InChI=1S/C17H28N4/c1-13-14(11-18-15-7-8-15)6-9-17(19-13)21-10-4-5-16(21)12-20(2)3/h6,9,15-16,18H,4-5,7-8,10-12H2,1-3H3. The number of hydrogen-bond acceptors (Lipinski definition) is 4. The van der Waals surface area contributed by atoms with Crippen LogP contribution in [0.2, 0.25) is 0 Å². The molecular formula is C17H28N4. The second-order valence-corrected chi connectivity index (χ2v) is 6.82. The summed E-state index contributed by atoms with van der Waals surface area (Å²) >= 11 is 0. The quantitative estimate of drug-likeness (QED) is 0.869. The van der Waals surface area contributed by atoms with Crippen LogP contribution in [0.1, 0.15) is 36.9 Å². The molecule has 1 unspecified atom stereocenters. The minimum absolute atomic E-state index is 0.613. The number of pyridine rings is 1. The van der Waals surface area contributed by atoms with Crippen LogP contribution >= 0.6 is 0 Å². The number of rotatable bonds is 6. The molecule has 0 aromatic carbocycles. The van der Waals surface area contributed by atoms with E-state index < -0.39 is 0 Å². The molecule has 21 heavy (non-hydrogen) atoms. The second-order valence-electron chi connectivity index (χ2n) is 6.82. The summed E-state index contributed by atoms with van der Waals surface area (Å²) in [4.78, 5) is 9.65. The highest BCUT2D eigenvalue weighted by atomic mass is 15.3. The van der Waals surface area contributed by atoms with Crippen LogP contribution < -0.4 is 10.2 Å². The van der Waals surface area contributed by atoms with Crippen LogP contribution in [-0.2, 0) is 6.54 Å². The van der Waals surface area contributed by atoms with Crippen molar-refractivity contribution in [1.29, 1.82) is 0 Å². The zero-order valence-electron chi connectivity index (χ0n) is 13.6. The van der Waals surface area contributed by atoms with Crippen molar-refractivity contribution in [2.75, 3.05) is 32.1 Å². The smallest absolute Gasteiger partial charge is 0.129 e. The average molecular weight is 288 g/mol.